The predicted molar refractivity (Wildman–Crippen MR) is 120 cm³/mol. The first-order valence-electron chi connectivity index (χ1n) is 9.21. The van der Waals surface area contributed by atoms with E-state index in [-0.39, 0.29) is 12.4 Å². The lowest BCUT2D eigenvalue weighted by Gasteiger charge is -2.11. The number of ether oxygens (including phenoxy) is 2. The Bertz CT molecular complexity index is 1010. The van der Waals surface area contributed by atoms with Gasteiger partial charge in [0.15, 0.2) is 16.6 Å². The number of hydrogen-bond donors (Lipinski definition) is 2. The summed E-state index contributed by atoms with van der Waals surface area (Å²) in [6.45, 7) is 0.868. The summed E-state index contributed by atoms with van der Waals surface area (Å²) in [4.78, 5) is 0. The summed E-state index contributed by atoms with van der Waals surface area (Å²) in [5.41, 5.74) is 2.19. The van der Waals surface area contributed by atoms with Gasteiger partial charge in [0.2, 0.25) is 0 Å². The van der Waals surface area contributed by atoms with E-state index in [4.69, 9.17) is 33.3 Å². The highest BCUT2D eigenvalue weighted by molar-refractivity contribution is 7.80. The number of halogens is 2. The van der Waals surface area contributed by atoms with Gasteiger partial charge in [0.25, 0.3) is 0 Å². The van der Waals surface area contributed by atoms with Crippen molar-refractivity contribution in [1.82, 2.24) is 15.1 Å². The van der Waals surface area contributed by atoms with Crippen LogP contribution >= 0.6 is 23.8 Å². The van der Waals surface area contributed by atoms with Gasteiger partial charge in [-0.05, 0) is 48.5 Å². The minimum absolute atomic E-state index is 0.229. The number of benzene rings is 2. The number of anilines is 1. The normalized spacial score (nSPS) is 10.5. The highest BCUT2D eigenvalue weighted by atomic mass is 35.5. The molecule has 3 rings (SSSR count). The molecule has 158 valence electrons. The summed E-state index contributed by atoms with van der Waals surface area (Å²) in [6, 6.07) is 10.4. The van der Waals surface area contributed by atoms with Crippen LogP contribution in [0.25, 0.3) is 0 Å². The summed E-state index contributed by atoms with van der Waals surface area (Å²) < 4.78 is 26.1. The number of thiocarbonyl (C=S) groups is 1. The Morgan fingerprint density at radius 1 is 1.20 bits per heavy atom. The van der Waals surface area contributed by atoms with Gasteiger partial charge in [-0.15, -0.1) is 0 Å². The van der Waals surface area contributed by atoms with Crippen molar-refractivity contribution in [2.24, 2.45) is 0 Å². The third kappa shape index (κ3) is 5.61. The summed E-state index contributed by atoms with van der Waals surface area (Å²) >= 11 is 11.4. The van der Waals surface area contributed by atoms with Crippen LogP contribution in [0.2, 0.25) is 5.02 Å². The van der Waals surface area contributed by atoms with E-state index in [0.29, 0.717) is 39.4 Å². The van der Waals surface area contributed by atoms with Crippen molar-refractivity contribution in [1.29, 1.82) is 0 Å². The molecule has 0 unspecified atom stereocenters. The molecule has 0 amide bonds. The van der Waals surface area contributed by atoms with Crippen LogP contribution in [0, 0.1) is 5.82 Å². The van der Waals surface area contributed by atoms with E-state index in [1.807, 2.05) is 18.2 Å². The molecule has 3 aromatic rings. The van der Waals surface area contributed by atoms with Crippen LogP contribution in [0.1, 0.15) is 11.1 Å². The Balaban J connectivity index is 1.50. The lowest BCUT2D eigenvalue weighted by Crippen LogP contribution is -2.30. The van der Waals surface area contributed by atoms with Gasteiger partial charge in [-0.2, -0.15) is 5.10 Å². The summed E-state index contributed by atoms with van der Waals surface area (Å²) in [6.07, 6.45) is 4.12. The molecule has 0 fully saturated rings. The molecule has 9 heteroatoms. The zero-order chi connectivity index (χ0) is 21.5. The number of nitrogens with zero attached hydrogens (tertiary/aromatic N) is 2. The van der Waals surface area contributed by atoms with Crippen molar-refractivity contribution < 1.29 is 13.9 Å². The molecule has 30 heavy (non-hydrogen) atoms. The SMILES string of the molecule is COc1ccc(CCNC(=S)Nc2cnn(Cc3c(F)cccc3Cl)c2)cc1OC. The third-order valence-corrected chi connectivity index (χ3v) is 5.02. The van der Waals surface area contributed by atoms with Crippen LogP contribution in [-0.4, -0.2) is 35.7 Å². The fourth-order valence-corrected chi connectivity index (χ4v) is 3.33. The van der Waals surface area contributed by atoms with Crippen LogP contribution in [0.3, 0.4) is 0 Å². The Kier molecular flexibility index (Phi) is 7.48. The van der Waals surface area contributed by atoms with Gasteiger partial charge in [-0.3, -0.25) is 4.68 Å². The van der Waals surface area contributed by atoms with Crippen molar-refractivity contribution >= 4 is 34.6 Å². The van der Waals surface area contributed by atoms with Gasteiger partial charge in [-0.25, -0.2) is 4.39 Å². The standard InChI is InChI=1S/C21H22ClFN4O2S/c1-28-19-7-6-14(10-20(19)29-2)8-9-24-21(30)26-15-11-25-27(12-15)13-16-17(22)4-3-5-18(16)23/h3-7,10-12H,8-9,13H2,1-2H3,(H2,24,26,30). The van der Waals surface area contributed by atoms with Gasteiger partial charge in [-0.1, -0.05) is 23.7 Å². The second-order valence-electron chi connectivity index (χ2n) is 6.45. The second-order valence-corrected chi connectivity index (χ2v) is 7.26. The summed E-state index contributed by atoms with van der Waals surface area (Å²) in [5.74, 6) is 1.03. The van der Waals surface area contributed by atoms with E-state index in [1.165, 1.54) is 6.07 Å². The van der Waals surface area contributed by atoms with E-state index in [2.05, 4.69) is 15.7 Å². The molecule has 0 radical (unpaired) electrons. The maximum atomic E-state index is 13.9. The Morgan fingerprint density at radius 2 is 2.00 bits per heavy atom. The topological polar surface area (TPSA) is 60.3 Å². The van der Waals surface area contributed by atoms with Crippen LogP contribution in [0.15, 0.2) is 48.8 Å². The van der Waals surface area contributed by atoms with E-state index >= 15 is 0 Å². The molecular formula is C21H22ClFN4O2S. The average Bonchev–Trinajstić information content (AvgIpc) is 3.17. The van der Waals surface area contributed by atoms with Crippen molar-refractivity contribution in [2.75, 3.05) is 26.1 Å². The second kappa shape index (κ2) is 10.3. The van der Waals surface area contributed by atoms with E-state index < -0.39 is 0 Å². The monoisotopic (exact) mass is 448 g/mol. The zero-order valence-corrected chi connectivity index (χ0v) is 18.2. The molecule has 2 N–H and O–H groups in total. The molecule has 0 aliphatic carbocycles. The fourth-order valence-electron chi connectivity index (χ4n) is 2.89. The van der Waals surface area contributed by atoms with Gasteiger partial charge < -0.3 is 20.1 Å². The van der Waals surface area contributed by atoms with E-state index in [1.54, 1.807) is 43.4 Å². The highest BCUT2D eigenvalue weighted by Crippen LogP contribution is 2.27. The number of methoxy groups -OCH3 is 2. The first-order valence-corrected chi connectivity index (χ1v) is 10.00. The Morgan fingerprint density at radius 3 is 2.73 bits per heavy atom. The largest absolute Gasteiger partial charge is 0.493 e. The number of aromatic nitrogens is 2. The predicted octanol–water partition coefficient (Wildman–Crippen LogP) is 4.27. The molecule has 0 aliphatic rings. The highest BCUT2D eigenvalue weighted by Gasteiger charge is 2.09. The fraction of sp³-hybridized carbons (Fsp3) is 0.238. The first-order chi connectivity index (χ1) is 14.5. The maximum Gasteiger partial charge on any atom is 0.170 e. The van der Waals surface area contributed by atoms with E-state index in [0.717, 1.165) is 12.0 Å². The van der Waals surface area contributed by atoms with Crippen LogP contribution < -0.4 is 20.1 Å². The smallest absolute Gasteiger partial charge is 0.170 e. The molecule has 2 aromatic carbocycles. The molecule has 0 saturated carbocycles. The molecule has 1 heterocycles. The van der Waals surface area contributed by atoms with Crippen molar-refractivity contribution in [3.05, 3.63) is 70.8 Å². The van der Waals surface area contributed by atoms with Crippen molar-refractivity contribution in [3.63, 3.8) is 0 Å². The first kappa shape index (κ1) is 21.9. The Hall–Kier alpha value is -2.84. The van der Waals surface area contributed by atoms with Gasteiger partial charge >= 0.3 is 0 Å². The van der Waals surface area contributed by atoms with E-state index in [9.17, 15) is 4.39 Å². The molecular weight excluding hydrogens is 427 g/mol. The quantitative estimate of drug-likeness (QED) is 0.502. The molecule has 0 atom stereocenters. The van der Waals surface area contributed by atoms with Crippen molar-refractivity contribution in [3.8, 4) is 11.5 Å². The number of nitrogens with one attached hydrogen (secondary N) is 2. The van der Waals surface area contributed by atoms with Gasteiger partial charge in [0.05, 0.1) is 32.6 Å². The van der Waals surface area contributed by atoms with Crippen LogP contribution in [0.5, 0.6) is 11.5 Å². The molecule has 0 spiro atoms. The minimum atomic E-state index is -0.361. The molecule has 6 nitrogen and oxygen atoms in total. The number of rotatable bonds is 8. The van der Waals surface area contributed by atoms with Crippen LogP contribution in [-0.2, 0) is 13.0 Å². The molecule has 1 aromatic heterocycles. The van der Waals surface area contributed by atoms with Crippen LogP contribution in [0.4, 0.5) is 10.1 Å². The maximum absolute atomic E-state index is 13.9. The third-order valence-electron chi connectivity index (χ3n) is 4.42. The molecule has 0 aliphatic heterocycles. The van der Waals surface area contributed by atoms with Gasteiger partial charge in [0.1, 0.15) is 5.82 Å². The minimum Gasteiger partial charge on any atom is -0.493 e. The molecule has 0 saturated heterocycles. The zero-order valence-electron chi connectivity index (χ0n) is 16.6. The lowest BCUT2D eigenvalue weighted by atomic mass is 10.1. The Labute approximate surface area is 184 Å². The lowest BCUT2D eigenvalue weighted by molar-refractivity contribution is 0.354. The van der Waals surface area contributed by atoms with Gasteiger partial charge in [0, 0.05) is 23.3 Å². The number of hydrogen-bond acceptors (Lipinski definition) is 4. The molecule has 0 bridgehead atoms. The average molecular weight is 449 g/mol. The summed E-state index contributed by atoms with van der Waals surface area (Å²) in [5, 5.41) is 11.3. The summed E-state index contributed by atoms with van der Waals surface area (Å²) in [7, 11) is 3.22. The van der Waals surface area contributed by atoms with Crippen molar-refractivity contribution in [2.45, 2.75) is 13.0 Å².